The number of carbonyl (C=O) groups excluding carboxylic acids is 1. The molecule has 4 rings (SSSR count). The molecule has 0 aliphatic heterocycles. The zero-order valence-corrected chi connectivity index (χ0v) is 11.3. The van der Waals surface area contributed by atoms with Gasteiger partial charge >= 0.3 is 0 Å². The number of halogens is 1. The van der Waals surface area contributed by atoms with Gasteiger partial charge in [0, 0.05) is 11.8 Å². The summed E-state index contributed by atoms with van der Waals surface area (Å²) in [5.74, 6) is 2.02. The van der Waals surface area contributed by atoms with E-state index >= 15 is 0 Å². The van der Waals surface area contributed by atoms with Crippen LogP contribution in [0.1, 0.15) is 42.7 Å². The first-order chi connectivity index (χ1) is 9.70. The summed E-state index contributed by atoms with van der Waals surface area (Å²) < 4.78 is 19.0. The van der Waals surface area contributed by atoms with Gasteiger partial charge in [-0.15, -0.1) is 0 Å². The van der Waals surface area contributed by atoms with Crippen LogP contribution >= 0.6 is 0 Å². The molecule has 2 aliphatic rings. The smallest absolute Gasteiger partial charge is 0.198 e. The highest BCUT2D eigenvalue weighted by atomic mass is 19.1. The first kappa shape index (κ1) is 12.1. The van der Waals surface area contributed by atoms with Crippen molar-refractivity contribution < 1.29 is 13.6 Å². The number of furan rings is 1. The zero-order chi connectivity index (χ0) is 13.7. The summed E-state index contributed by atoms with van der Waals surface area (Å²) in [6, 6.07) is 6.44. The molecule has 2 aliphatic carbocycles. The van der Waals surface area contributed by atoms with E-state index in [4.69, 9.17) is 4.42 Å². The van der Waals surface area contributed by atoms with Crippen LogP contribution in [0.5, 0.6) is 0 Å². The van der Waals surface area contributed by atoms with Gasteiger partial charge in [-0.3, -0.25) is 4.79 Å². The molecule has 3 unspecified atom stereocenters. The Morgan fingerprint density at radius 3 is 2.90 bits per heavy atom. The molecule has 1 heterocycles. The number of hydrogen-bond donors (Lipinski definition) is 0. The highest BCUT2D eigenvalue weighted by molar-refractivity contribution is 5.97. The molecular formula is C17H17FO2. The standard InChI is InChI=1S/C17H17FO2/c18-14-3-1-2-12-9-16(20-17(12)14)15(19)8-13-7-10-4-5-11(13)6-10/h1-3,9-11,13H,4-8H2. The number of ketones is 1. The third-order valence-corrected chi connectivity index (χ3v) is 5.10. The molecule has 0 amide bonds. The molecule has 0 saturated heterocycles. The van der Waals surface area contributed by atoms with E-state index < -0.39 is 5.82 Å². The Kier molecular flexibility index (Phi) is 2.69. The lowest BCUT2D eigenvalue weighted by Crippen LogP contribution is -2.14. The molecule has 20 heavy (non-hydrogen) atoms. The second kappa shape index (κ2) is 4.44. The zero-order valence-electron chi connectivity index (χ0n) is 11.3. The van der Waals surface area contributed by atoms with Gasteiger partial charge in [-0.2, -0.15) is 0 Å². The Labute approximate surface area is 117 Å². The maximum Gasteiger partial charge on any atom is 0.198 e. The van der Waals surface area contributed by atoms with Gasteiger partial charge in [0.25, 0.3) is 0 Å². The van der Waals surface area contributed by atoms with Crippen molar-refractivity contribution in [3.8, 4) is 0 Å². The van der Waals surface area contributed by atoms with Crippen LogP contribution in [0.3, 0.4) is 0 Å². The van der Waals surface area contributed by atoms with Gasteiger partial charge in [0.2, 0.25) is 0 Å². The molecule has 2 aromatic rings. The summed E-state index contributed by atoms with van der Waals surface area (Å²) in [6.07, 6.45) is 5.66. The number of Topliss-reactive ketones (excluding diaryl/α,β-unsaturated/α-hetero) is 1. The van der Waals surface area contributed by atoms with Crippen LogP contribution in [0, 0.1) is 23.6 Å². The molecule has 0 radical (unpaired) electrons. The molecule has 2 bridgehead atoms. The van der Waals surface area contributed by atoms with E-state index in [1.165, 1.54) is 31.7 Å². The predicted octanol–water partition coefficient (Wildman–Crippen LogP) is 4.58. The summed E-state index contributed by atoms with van der Waals surface area (Å²) >= 11 is 0. The molecule has 0 spiro atoms. The van der Waals surface area contributed by atoms with E-state index in [1.807, 2.05) is 0 Å². The number of rotatable bonds is 3. The molecule has 2 saturated carbocycles. The summed E-state index contributed by atoms with van der Waals surface area (Å²) in [4.78, 5) is 12.3. The first-order valence-electron chi connectivity index (χ1n) is 7.42. The van der Waals surface area contributed by atoms with E-state index in [0.717, 1.165) is 11.8 Å². The topological polar surface area (TPSA) is 30.2 Å². The fourth-order valence-corrected chi connectivity index (χ4v) is 4.13. The summed E-state index contributed by atoms with van der Waals surface area (Å²) in [7, 11) is 0. The maximum atomic E-state index is 13.6. The number of carbonyl (C=O) groups is 1. The average molecular weight is 272 g/mol. The molecule has 1 aromatic carbocycles. The van der Waals surface area contributed by atoms with Crippen molar-refractivity contribution in [2.45, 2.75) is 32.1 Å². The summed E-state index contributed by atoms with van der Waals surface area (Å²) in [5.41, 5.74) is 0.198. The quantitative estimate of drug-likeness (QED) is 0.765. The third-order valence-electron chi connectivity index (χ3n) is 5.10. The van der Waals surface area contributed by atoms with Gasteiger partial charge in [0.1, 0.15) is 0 Å². The van der Waals surface area contributed by atoms with Gasteiger partial charge in [-0.25, -0.2) is 4.39 Å². The predicted molar refractivity (Wildman–Crippen MR) is 74.1 cm³/mol. The largest absolute Gasteiger partial charge is 0.450 e. The van der Waals surface area contributed by atoms with Crippen LogP contribution in [-0.4, -0.2) is 5.78 Å². The maximum absolute atomic E-state index is 13.6. The summed E-state index contributed by atoms with van der Waals surface area (Å²) in [5, 5.41) is 0.668. The minimum Gasteiger partial charge on any atom is -0.450 e. The molecule has 104 valence electrons. The Balaban J connectivity index is 1.56. The van der Waals surface area contributed by atoms with Gasteiger partial charge in [0.15, 0.2) is 22.9 Å². The molecule has 2 nitrogen and oxygen atoms in total. The van der Waals surface area contributed by atoms with Gasteiger partial charge in [-0.1, -0.05) is 18.6 Å². The third kappa shape index (κ3) is 1.88. The Bertz CT molecular complexity index is 673. The number of fused-ring (bicyclic) bond motifs is 3. The van der Waals surface area contributed by atoms with Crippen molar-refractivity contribution in [3.63, 3.8) is 0 Å². The molecule has 3 heteroatoms. The van der Waals surface area contributed by atoms with E-state index in [2.05, 4.69) is 0 Å². The van der Waals surface area contributed by atoms with E-state index in [0.29, 0.717) is 23.5 Å². The van der Waals surface area contributed by atoms with Crippen LogP contribution in [-0.2, 0) is 0 Å². The van der Waals surface area contributed by atoms with Crippen molar-refractivity contribution in [2.24, 2.45) is 17.8 Å². The van der Waals surface area contributed by atoms with Gasteiger partial charge in [-0.05, 0) is 49.1 Å². The minimum atomic E-state index is -0.401. The Hall–Kier alpha value is -1.64. The number of hydrogen-bond acceptors (Lipinski definition) is 2. The second-order valence-corrected chi connectivity index (χ2v) is 6.33. The fraction of sp³-hybridized carbons (Fsp3) is 0.471. The lowest BCUT2D eigenvalue weighted by Gasteiger charge is -2.20. The highest BCUT2D eigenvalue weighted by Crippen LogP contribution is 2.49. The van der Waals surface area contributed by atoms with Gasteiger partial charge in [0.05, 0.1) is 0 Å². The minimum absolute atomic E-state index is 0.0261. The second-order valence-electron chi connectivity index (χ2n) is 6.33. The van der Waals surface area contributed by atoms with E-state index in [9.17, 15) is 9.18 Å². The SMILES string of the molecule is O=C(CC1CC2CCC1C2)c1cc2cccc(F)c2o1. The number of para-hydroxylation sites is 1. The van der Waals surface area contributed by atoms with Crippen molar-refractivity contribution >= 4 is 16.8 Å². The van der Waals surface area contributed by atoms with Crippen molar-refractivity contribution in [3.05, 3.63) is 35.8 Å². The van der Waals surface area contributed by atoms with Gasteiger partial charge < -0.3 is 4.42 Å². The van der Waals surface area contributed by atoms with Crippen LogP contribution < -0.4 is 0 Å². The van der Waals surface area contributed by atoms with E-state index in [1.54, 1.807) is 18.2 Å². The molecule has 3 atom stereocenters. The molecule has 1 aromatic heterocycles. The number of benzene rings is 1. The lowest BCUT2D eigenvalue weighted by molar-refractivity contribution is 0.0919. The van der Waals surface area contributed by atoms with Crippen molar-refractivity contribution in [2.75, 3.05) is 0 Å². The van der Waals surface area contributed by atoms with Crippen LogP contribution in [0.25, 0.3) is 11.0 Å². The van der Waals surface area contributed by atoms with E-state index in [-0.39, 0.29) is 11.4 Å². The Morgan fingerprint density at radius 1 is 1.30 bits per heavy atom. The fourth-order valence-electron chi connectivity index (χ4n) is 4.13. The van der Waals surface area contributed by atoms with Crippen LogP contribution in [0.15, 0.2) is 28.7 Å². The van der Waals surface area contributed by atoms with Crippen molar-refractivity contribution in [1.29, 1.82) is 0 Å². The Morgan fingerprint density at radius 2 is 2.20 bits per heavy atom. The summed E-state index contributed by atoms with van der Waals surface area (Å²) in [6.45, 7) is 0. The molecule has 0 N–H and O–H groups in total. The van der Waals surface area contributed by atoms with Crippen LogP contribution in [0.4, 0.5) is 4.39 Å². The monoisotopic (exact) mass is 272 g/mol. The van der Waals surface area contributed by atoms with Crippen LogP contribution in [0.2, 0.25) is 0 Å². The highest BCUT2D eigenvalue weighted by Gasteiger charge is 2.40. The molecule has 2 fully saturated rings. The average Bonchev–Trinajstić information content (AvgIpc) is 3.12. The first-order valence-corrected chi connectivity index (χ1v) is 7.42. The molecular weight excluding hydrogens is 255 g/mol. The lowest BCUT2D eigenvalue weighted by atomic mass is 9.85. The normalized spacial score (nSPS) is 28.4. The van der Waals surface area contributed by atoms with Crippen molar-refractivity contribution in [1.82, 2.24) is 0 Å².